The molecule has 2 rings (SSSR count). The van der Waals surface area contributed by atoms with Crippen LogP contribution in [0.25, 0.3) is 0 Å². The van der Waals surface area contributed by atoms with Crippen LogP contribution in [0.1, 0.15) is 18.4 Å². The summed E-state index contributed by atoms with van der Waals surface area (Å²) in [6.07, 6.45) is 1.07. The molecule has 0 bridgehead atoms. The van der Waals surface area contributed by atoms with E-state index in [1.54, 1.807) is 7.11 Å². The molecule has 1 fully saturated rings. The standard InChI is InChI=1S/C14H20N2O3/c1-19-13-7-3-2-5-11(13)9-15-10-12-6-4-8-16(12)14(17)18/h2-3,5,7,12,15H,4,6,8-10H2,1H3,(H,17,18)/t12-/m0/s1. The first-order valence-corrected chi connectivity index (χ1v) is 6.54. The van der Waals surface area contributed by atoms with Crippen molar-refractivity contribution in [2.45, 2.75) is 25.4 Å². The zero-order valence-electron chi connectivity index (χ0n) is 11.1. The number of para-hydroxylation sites is 1. The number of amides is 1. The summed E-state index contributed by atoms with van der Waals surface area (Å²) >= 11 is 0. The van der Waals surface area contributed by atoms with Crippen LogP contribution in [0.15, 0.2) is 24.3 Å². The predicted octanol–water partition coefficient (Wildman–Crippen LogP) is 1.93. The molecular formula is C14H20N2O3. The summed E-state index contributed by atoms with van der Waals surface area (Å²) in [4.78, 5) is 12.5. The summed E-state index contributed by atoms with van der Waals surface area (Å²) in [5, 5.41) is 12.4. The van der Waals surface area contributed by atoms with Crippen LogP contribution in [-0.2, 0) is 6.54 Å². The molecule has 1 aliphatic rings. The van der Waals surface area contributed by atoms with Crippen molar-refractivity contribution in [3.8, 4) is 5.75 Å². The smallest absolute Gasteiger partial charge is 0.407 e. The van der Waals surface area contributed by atoms with Crippen molar-refractivity contribution in [3.05, 3.63) is 29.8 Å². The van der Waals surface area contributed by atoms with Crippen LogP contribution < -0.4 is 10.1 Å². The van der Waals surface area contributed by atoms with Crippen LogP contribution in [0.5, 0.6) is 5.75 Å². The molecule has 1 heterocycles. The normalized spacial score (nSPS) is 18.6. The highest BCUT2D eigenvalue weighted by molar-refractivity contribution is 5.65. The van der Waals surface area contributed by atoms with Crippen LogP contribution in [0, 0.1) is 0 Å². The fraction of sp³-hybridized carbons (Fsp3) is 0.500. The third kappa shape index (κ3) is 3.38. The molecule has 1 atom stereocenters. The van der Waals surface area contributed by atoms with E-state index in [-0.39, 0.29) is 6.04 Å². The number of likely N-dealkylation sites (tertiary alicyclic amines) is 1. The maximum Gasteiger partial charge on any atom is 0.407 e. The van der Waals surface area contributed by atoms with Gasteiger partial charge in [0, 0.05) is 31.2 Å². The Morgan fingerprint density at radius 2 is 2.32 bits per heavy atom. The predicted molar refractivity (Wildman–Crippen MR) is 72.5 cm³/mol. The topological polar surface area (TPSA) is 61.8 Å². The third-order valence-electron chi connectivity index (χ3n) is 3.51. The lowest BCUT2D eigenvalue weighted by Gasteiger charge is -2.22. The minimum atomic E-state index is -0.818. The lowest BCUT2D eigenvalue weighted by Crippen LogP contribution is -2.40. The zero-order chi connectivity index (χ0) is 13.7. The molecule has 0 spiro atoms. The minimum absolute atomic E-state index is 0.0900. The summed E-state index contributed by atoms with van der Waals surface area (Å²) in [6.45, 7) is 2.02. The van der Waals surface area contributed by atoms with Gasteiger partial charge in [0.05, 0.1) is 7.11 Å². The Labute approximate surface area is 113 Å². The van der Waals surface area contributed by atoms with E-state index >= 15 is 0 Å². The van der Waals surface area contributed by atoms with Crippen LogP contribution >= 0.6 is 0 Å². The highest BCUT2D eigenvalue weighted by atomic mass is 16.5. The number of benzene rings is 1. The van der Waals surface area contributed by atoms with Gasteiger partial charge in [0.15, 0.2) is 0 Å². The fourth-order valence-corrected chi connectivity index (χ4v) is 2.52. The number of hydrogen-bond donors (Lipinski definition) is 2. The summed E-state index contributed by atoms with van der Waals surface area (Å²) in [6, 6.07) is 7.93. The van der Waals surface area contributed by atoms with Gasteiger partial charge in [-0.1, -0.05) is 18.2 Å². The Bertz CT molecular complexity index is 436. The first-order chi connectivity index (χ1) is 9.22. The molecule has 1 aromatic carbocycles. The van der Waals surface area contributed by atoms with Crippen molar-refractivity contribution in [1.29, 1.82) is 0 Å². The van der Waals surface area contributed by atoms with Crippen molar-refractivity contribution in [1.82, 2.24) is 10.2 Å². The number of ether oxygens (including phenoxy) is 1. The summed E-state index contributed by atoms with van der Waals surface area (Å²) in [7, 11) is 1.65. The van der Waals surface area contributed by atoms with Gasteiger partial charge >= 0.3 is 6.09 Å². The van der Waals surface area contributed by atoms with E-state index in [1.807, 2.05) is 24.3 Å². The van der Waals surface area contributed by atoms with Crippen molar-refractivity contribution in [2.75, 3.05) is 20.2 Å². The average molecular weight is 264 g/mol. The van der Waals surface area contributed by atoms with E-state index in [4.69, 9.17) is 9.84 Å². The Kier molecular flexibility index (Phi) is 4.63. The first kappa shape index (κ1) is 13.7. The van der Waals surface area contributed by atoms with Crippen LogP contribution in [0.3, 0.4) is 0 Å². The minimum Gasteiger partial charge on any atom is -0.496 e. The highest BCUT2D eigenvalue weighted by Crippen LogP contribution is 2.18. The second kappa shape index (κ2) is 6.43. The highest BCUT2D eigenvalue weighted by Gasteiger charge is 2.27. The summed E-state index contributed by atoms with van der Waals surface area (Å²) in [5.74, 6) is 0.858. The van der Waals surface area contributed by atoms with Gasteiger partial charge in [-0.05, 0) is 18.9 Å². The monoisotopic (exact) mass is 264 g/mol. The van der Waals surface area contributed by atoms with E-state index in [0.717, 1.165) is 24.2 Å². The zero-order valence-corrected chi connectivity index (χ0v) is 11.1. The Morgan fingerprint density at radius 1 is 1.53 bits per heavy atom. The van der Waals surface area contributed by atoms with Gasteiger partial charge in [-0.3, -0.25) is 0 Å². The Hall–Kier alpha value is -1.75. The first-order valence-electron chi connectivity index (χ1n) is 6.54. The van der Waals surface area contributed by atoms with E-state index in [2.05, 4.69) is 5.32 Å². The Morgan fingerprint density at radius 3 is 3.05 bits per heavy atom. The number of hydrogen-bond acceptors (Lipinski definition) is 3. The summed E-state index contributed by atoms with van der Waals surface area (Å²) < 4.78 is 5.28. The lowest BCUT2D eigenvalue weighted by molar-refractivity contribution is 0.139. The molecule has 1 saturated heterocycles. The molecule has 0 saturated carbocycles. The van der Waals surface area contributed by atoms with Crippen molar-refractivity contribution in [3.63, 3.8) is 0 Å². The number of carbonyl (C=O) groups is 1. The van der Waals surface area contributed by atoms with Gasteiger partial charge < -0.3 is 20.1 Å². The number of nitrogens with one attached hydrogen (secondary N) is 1. The second-order valence-corrected chi connectivity index (χ2v) is 4.71. The molecule has 104 valence electrons. The molecule has 1 aliphatic heterocycles. The van der Waals surface area contributed by atoms with Crippen molar-refractivity contribution >= 4 is 6.09 Å². The van der Waals surface area contributed by atoms with Crippen LogP contribution in [0.2, 0.25) is 0 Å². The molecular weight excluding hydrogens is 244 g/mol. The molecule has 1 aromatic rings. The van der Waals surface area contributed by atoms with Crippen LogP contribution in [0.4, 0.5) is 4.79 Å². The Balaban J connectivity index is 1.85. The van der Waals surface area contributed by atoms with Gasteiger partial charge in [-0.25, -0.2) is 4.79 Å². The molecule has 2 N–H and O–H groups in total. The van der Waals surface area contributed by atoms with Crippen LogP contribution in [-0.4, -0.2) is 42.3 Å². The number of methoxy groups -OCH3 is 1. The maximum atomic E-state index is 11.0. The molecule has 0 unspecified atom stereocenters. The van der Waals surface area contributed by atoms with Gasteiger partial charge in [0.25, 0.3) is 0 Å². The third-order valence-corrected chi connectivity index (χ3v) is 3.51. The van der Waals surface area contributed by atoms with Crippen molar-refractivity contribution < 1.29 is 14.6 Å². The quantitative estimate of drug-likeness (QED) is 0.853. The van der Waals surface area contributed by atoms with Gasteiger partial charge in [0.1, 0.15) is 5.75 Å². The van der Waals surface area contributed by atoms with Crippen molar-refractivity contribution in [2.24, 2.45) is 0 Å². The summed E-state index contributed by atoms with van der Waals surface area (Å²) in [5.41, 5.74) is 1.09. The molecule has 5 nitrogen and oxygen atoms in total. The largest absolute Gasteiger partial charge is 0.496 e. The van der Waals surface area contributed by atoms with E-state index < -0.39 is 6.09 Å². The molecule has 19 heavy (non-hydrogen) atoms. The SMILES string of the molecule is COc1ccccc1CNC[C@@H]1CCCN1C(=O)O. The number of carboxylic acid groups (broad SMARTS) is 1. The van der Waals surface area contributed by atoms with E-state index in [1.165, 1.54) is 4.90 Å². The lowest BCUT2D eigenvalue weighted by atomic mass is 10.2. The average Bonchev–Trinajstić information content (AvgIpc) is 2.88. The fourth-order valence-electron chi connectivity index (χ4n) is 2.52. The van der Waals surface area contributed by atoms with Gasteiger partial charge in [0.2, 0.25) is 0 Å². The van der Waals surface area contributed by atoms with Gasteiger partial charge in [-0.15, -0.1) is 0 Å². The molecule has 5 heteroatoms. The van der Waals surface area contributed by atoms with E-state index in [0.29, 0.717) is 19.6 Å². The molecule has 0 aliphatic carbocycles. The number of nitrogens with zero attached hydrogens (tertiary/aromatic N) is 1. The number of rotatable bonds is 5. The van der Waals surface area contributed by atoms with Gasteiger partial charge in [-0.2, -0.15) is 0 Å². The second-order valence-electron chi connectivity index (χ2n) is 4.71. The molecule has 0 radical (unpaired) electrons. The maximum absolute atomic E-state index is 11.0. The molecule has 1 amide bonds. The van der Waals surface area contributed by atoms with E-state index in [9.17, 15) is 4.79 Å². The molecule has 0 aromatic heterocycles.